The molecule has 0 aliphatic rings. The van der Waals surface area contributed by atoms with Gasteiger partial charge in [-0.25, -0.2) is 9.78 Å². The Hall–Kier alpha value is -2.72. The Morgan fingerprint density at radius 2 is 1.79 bits per heavy atom. The van der Waals surface area contributed by atoms with Gasteiger partial charge in [-0.15, -0.1) is 0 Å². The van der Waals surface area contributed by atoms with Gasteiger partial charge in [0.25, 0.3) is 0 Å². The highest BCUT2D eigenvalue weighted by Crippen LogP contribution is 2.40. The van der Waals surface area contributed by atoms with Crippen molar-refractivity contribution in [2.75, 3.05) is 5.73 Å². The van der Waals surface area contributed by atoms with Crippen LogP contribution in [0.15, 0.2) is 18.6 Å². The molecule has 2 aromatic rings. The fourth-order valence-corrected chi connectivity index (χ4v) is 2.15. The molecule has 1 aromatic carbocycles. The largest absolute Gasteiger partial charge is 0.478 e. The Labute approximate surface area is 130 Å². The summed E-state index contributed by atoms with van der Waals surface area (Å²) in [7, 11) is 0. The van der Waals surface area contributed by atoms with E-state index in [1.165, 1.54) is 0 Å². The van der Waals surface area contributed by atoms with E-state index in [1.807, 2.05) is 0 Å². The maximum Gasteiger partial charge on any atom is 0.434 e. The van der Waals surface area contributed by atoms with Crippen molar-refractivity contribution in [3.8, 4) is 5.69 Å². The zero-order valence-corrected chi connectivity index (χ0v) is 11.8. The van der Waals surface area contributed by atoms with Crippen LogP contribution in [0.5, 0.6) is 0 Å². The van der Waals surface area contributed by atoms with Crippen molar-refractivity contribution in [3.63, 3.8) is 0 Å². The number of carbonyl (C=O) groups is 1. The number of aromatic nitrogens is 2. The van der Waals surface area contributed by atoms with Crippen LogP contribution < -0.4 is 5.73 Å². The lowest BCUT2D eigenvalue weighted by molar-refractivity contribution is -0.141. The first-order valence-electron chi connectivity index (χ1n) is 6.19. The van der Waals surface area contributed by atoms with E-state index in [4.69, 9.17) is 10.8 Å². The van der Waals surface area contributed by atoms with E-state index in [1.54, 1.807) is 0 Å². The fourth-order valence-electron chi connectivity index (χ4n) is 2.15. The monoisotopic (exact) mass is 353 g/mol. The van der Waals surface area contributed by atoms with Crippen LogP contribution in [0.2, 0.25) is 0 Å². The van der Waals surface area contributed by atoms with Crippen LogP contribution in [0, 0.1) is 6.92 Å². The second kappa shape index (κ2) is 5.42. The number of hydrogen-bond acceptors (Lipinski definition) is 3. The highest BCUT2D eigenvalue weighted by molar-refractivity contribution is 5.95. The van der Waals surface area contributed by atoms with Gasteiger partial charge in [0.05, 0.1) is 23.1 Å². The molecule has 5 nitrogen and oxygen atoms in total. The minimum Gasteiger partial charge on any atom is -0.478 e. The first-order chi connectivity index (χ1) is 10.8. The van der Waals surface area contributed by atoms with Gasteiger partial charge in [-0.05, 0) is 18.6 Å². The van der Waals surface area contributed by atoms with Gasteiger partial charge in [0, 0.05) is 11.9 Å². The van der Waals surface area contributed by atoms with Crippen molar-refractivity contribution in [2.24, 2.45) is 0 Å². The quantitative estimate of drug-likeness (QED) is 0.640. The Kier molecular flexibility index (Phi) is 3.98. The molecule has 130 valence electrons. The molecule has 0 unspecified atom stereocenters. The van der Waals surface area contributed by atoms with E-state index in [0.29, 0.717) is 23.2 Å². The molecule has 0 spiro atoms. The number of rotatable bonds is 2. The lowest BCUT2D eigenvalue weighted by Crippen LogP contribution is -2.17. The van der Waals surface area contributed by atoms with Crippen LogP contribution in [0.3, 0.4) is 0 Å². The van der Waals surface area contributed by atoms with Gasteiger partial charge < -0.3 is 15.4 Å². The number of benzene rings is 1. The predicted octanol–water partition coefficient (Wildman–Crippen LogP) is 3.50. The number of nitrogens with two attached hydrogens (primary N) is 1. The third-order valence-electron chi connectivity index (χ3n) is 3.27. The molecule has 0 radical (unpaired) electrons. The number of carboxylic acids is 1. The number of alkyl halides is 6. The van der Waals surface area contributed by atoms with Crippen molar-refractivity contribution in [2.45, 2.75) is 19.3 Å². The number of halogens is 6. The summed E-state index contributed by atoms with van der Waals surface area (Å²) in [4.78, 5) is 14.1. The van der Waals surface area contributed by atoms with Gasteiger partial charge in [-0.3, -0.25) is 0 Å². The second-order valence-electron chi connectivity index (χ2n) is 4.82. The first-order valence-corrected chi connectivity index (χ1v) is 6.19. The van der Waals surface area contributed by atoms with Crippen molar-refractivity contribution in [1.29, 1.82) is 0 Å². The number of hydrogen-bond donors (Lipinski definition) is 2. The number of carboxylic acid groups (broad SMARTS) is 1. The zero-order valence-electron chi connectivity index (χ0n) is 11.8. The maximum absolute atomic E-state index is 13.3. The highest BCUT2D eigenvalue weighted by Gasteiger charge is 2.39. The maximum atomic E-state index is 13.3. The van der Waals surface area contributed by atoms with Crippen LogP contribution in [0.4, 0.5) is 32.0 Å². The molecule has 0 aliphatic carbocycles. The Bertz CT molecular complexity index is 807. The van der Waals surface area contributed by atoms with Gasteiger partial charge in [0.1, 0.15) is 0 Å². The SMILES string of the molecule is Cc1c(N)c(C(=O)O)cc(-n2cnc(C(F)(F)F)c2)c1C(F)(F)F. The second-order valence-corrected chi connectivity index (χ2v) is 4.82. The Morgan fingerprint density at radius 1 is 1.21 bits per heavy atom. The van der Waals surface area contributed by atoms with Gasteiger partial charge in [0.2, 0.25) is 0 Å². The summed E-state index contributed by atoms with van der Waals surface area (Å²) in [6.07, 6.45) is -8.96. The van der Waals surface area contributed by atoms with Gasteiger partial charge in [-0.1, -0.05) is 0 Å². The molecule has 3 N–H and O–H groups in total. The first kappa shape index (κ1) is 17.6. The molecule has 0 saturated carbocycles. The molecular weight excluding hydrogens is 344 g/mol. The standard InChI is InChI=1S/C13H9F6N3O2/c1-5-9(13(17,18)19)7(2-6(10(5)20)11(23)24)22-3-8(21-4-22)12(14,15)16/h2-4H,20H2,1H3,(H,23,24). The number of nitrogens with zero attached hydrogens (tertiary/aromatic N) is 2. The van der Waals surface area contributed by atoms with E-state index in [9.17, 15) is 31.1 Å². The van der Waals surface area contributed by atoms with Crippen LogP contribution in [0.25, 0.3) is 5.69 Å². The van der Waals surface area contributed by atoms with E-state index in [0.717, 1.165) is 6.92 Å². The van der Waals surface area contributed by atoms with Gasteiger partial charge in [0.15, 0.2) is 5.69 Å². The van der Waals surface area contributed by atoms with Crippen molar-refractivity contribution >= 4 is 11.7 Å². The topological polar surface area (TPSA) is 81.1 Å². The van der Waals surface area contributed by atoms with Crippen LogP contribution in [-0.4, -0.2) is 20.6 Å². The molecule has 1 heterocycles. The Morgan fingerprint density at radius 3 is 2.21 bits per heavy atom. The molecule has 0 atom stereocenters. The van der Waals surface area contributed by atoms with Gasteiger partial charge >= 0.3 is 18.3 Å². The summed E-state index contributed by atoms with van der Waals surface area (Å²) in [6.45, 7) is 0.940. The smallest absolute Gasteiger partial charge is 0.434 e. The van der Waals surface area contributed by atoms with Crippen molar-refractivity contribution in [3.05, 3.63) is 41.0 Å². The lowest BCUT2D eigenvalue weighted by atomic mass is 9.99. The fraction of sp³-hybridized carbons (Fsp3) is 0.231. The Balaban J connectivity index is 2.81. The molecule has 24 heavy (non-hydrogen) atoms. The van der Waals surface area contributed by atoms with E-state index in [-0.39, 0.29) is 0 Å². The number of anilines is 1. The molecule has 2 rings (SSSR count). The highest BCUT2D eigenvalue weighted by atomic mass is 19.4. The third-order valence-corrected chi connectivity index (χ3v) is 3.27. The number of aromatic carboxylic acids is 1. The van der Waals surface area contributed by atoms with Crippen LogP contribution >= 0.6 is 0 Å². The zero-order chi connectivity index (χ0) is 18.4. The number of imidazole rings is 1. The van der Waals surface area contributed by atoms with E-state index >= 15 is 0 Å². The third kappa shape index (κ3) is 3.01. The van der Waals surface area contributed by atoms with Crippen molar-refractivity contribution < 1.29 is 36.2 Å². The molecule has 0 bridgehead atoms. The van der Waals surface area contributed by atoms with Gasteiger partial charge in [-0.2, -0.15) is 26.3 Å². The average molecular weight is 353 g/mol. The molecule has 0 fully saturated rings. The summed E-state index contributed by atoms with van der Waals surface area (Å²) < 4.78 is 78.1. The molecule has 0 aliphatic heterocycles. The predicted molar refractivity (Wildman–Crippen MR) is 69.7 cm³/mol. The summed E-state index contributed by atoms with van der Waals surface area (Å²) in [5, 5.41) is 9.02. The molecule has 0 saturated heterocycles. The average Bonchev–Trinajstić information content (AvgIpc) is 2.89. The van der Waals surface area contributed by atoms with E-state index < -0.39 is 52.1 Å². The van der Waals surface area contributed by atoms with Crippen molar-refractivity contribution in [1.82, 2.24) is 9.55 Å². The summed E-state index contributed by atoms with van der Waals surface area (Å²) in [6, 6.07) is 0.565. The molecule has 0 amide bonds. The van der Waals surface area contributed by atoms with E-state index in [2.05, 4.69) is 4.98 Å². The molecule has 11 heteroatoms. The molecular formula is C13H9F6N3O2. The molecule has 1 aromatic heterocycles. The van der Waals surface area contributed by atoms with Crippen LogP contribution in [-0.2, 0) is 12.4 Å². The summed E-state index contributed by atoms with van der Waals surface area (Å²) >= 11 is 0. The minimum absolute atomic E-state index is 0.339. The number of nitrogen functional groups attached to an aromatic ring is 1. The van der Waals surface area contributed by atoms with Crippen LogP contribution in [0.1, 0.15) is 27.2 Å². The minimum atomic E-state index is -4.97. The lowest BCUT2D eigenvalue weighted by Gasteiger charge is -2.19. The summed E-state index contributed by atoms with van der Waals surface area (Å²) in [5.74, 6) is -1.61. The summed E-state index contributed by atoms with van der Waals surface area (Å²) in [5.41, 5.74) is -0.0139. The normalized spacial score (nSPS) is 12.5.